The van der Waals surface area contributed by atoms with Crippen molar-refractivity contribution in [2.75, 3.05) is 26.2 Å². The zero-order valence-corrected chi connectivity index (χ0v) is 15.0. The van der Waals surface area contributed by atoms with Gasteiger partial charge in [-0.2, -0.15) is 0 Å². The molecule has 0 spiro atoms. The minimum Gasteiger partial charge on any atom is -0.342 e. The molecule has 1 aliphatic rings. The predicted molar refractivity (Wildman–Crippen MR) is 96.4 cm³/mol. The maximum absolute atomic E-state index is 12.5. The molecule has 7 nitrogen and oxygen atoms in total. The van der Waals surface area contributed by atoms with Crippen LogP contribution in [0.3, 0.4) is 0 Å². The molecular formula is C18H25N5O2. The second-order valence-corrected chi connectivity index (χ2v) is 6.82. The third kappa shape index (κ3) is 4.10. The molecule has 25 heavy (non-hydrogen) atoms. The van der Waals surface area contributed by atoms with Crippen LogP contribution in [0.4, 0.5) is 4.79 Å². The van der Waals surface area contributed by atoms with E-state index in [1.807, 2.05) is 43.9 Å². The Balaban J connectivity index is 1.56. The lowest BCUT2D eigenvalue weighted by molar-refractivity contribution is -0.131. The summed E-state index contributed by atoms with van der Waals surface area (Å²) in [5.41, 5.74) is 2.84. The molecule has 0 unspecified atom stereocenters. The summed E-state index contributed by atoms with van der Waals surface area (Å²) in [6, 6.07) is 5.94. The van der Waals surface area contributed by atoms with Gasteiger partial charge in [0, 0.05) is 32.2 Å². The van der Waals surface area contributed by atoms with Gasteiger partial charge < -0.3 is 20.1 Å². The van der Waals surface area contributed by atoms with Crippen LogP contribution in [0.15, 0.2) is 18.2 Å². The molecule has 1 aromatic heterocycles. The zero-order valence-electron chi connectivity index (χ0n) is 15.0. The molecule has 1 fully saturated rings. The number of carbonyl (C=O) groups is 2. The van der Waals surface area contributed by atoms with E-state index in [2.05, 4.69) is 15.3 Å². The van der Waals surface area contributed by atoms with Crippen molar-refractivity contribution in [3.05, 3.63) is 29.6 Å². The van der Waals surface area contributed by atoms with Crippen molar-refractivity contribution < 1.29 is 9.59 Å². The van der Waals surface area contributed by atoms with Crippen molar-refractivity contribution >= 4 is 23.0 Å². The van der Waals surface area contributed by atoms with Crippen molar-refractivity contribution in [3.8, 4) is 0 Å². The Morgan fingerprint density at radius 2 is 1.88 bits per heavy atom. The van der Waals surface area contributed by atoms with Crippen molar-refractivity contribution in [1.82, 2.24) is 25.1 Å². The van der Waals surface area contributed by atoms with Crippen LogP contribution in [0, 0.1) is 6.92 Å². The van der Waals surface area contributed by atoms with Gasteiger partial charge in [-0.05, 0) is 38.5 Å². The normalized spacial score (nSPS) is 15.0. The van der Waals surface area contributed by atoms with Crippen molar-refractivity contribution in [3.63, 3.8) is 0 Å². The van der Waals surface area contributed by atoms with Gasteiger partial charge in [0.25, 0.3) is 0 Å². The van der Waals surface area contributed by atoms with Crippen LogP contribution >= 0.6 is 0 Å². The van der Waals surface area contributed by atoms with E-state index in [1.54, 1.807) is 4.90 Å². The summed E-state index contributed by atoms with van der Waals surface area (Å²) in [6.45, 7) is 8.10. The molecule has 0 aliphatic carbocycles. The predicted octanol–water partition coefficient (Wildman–Crippen LogP) is 1.68. The SMILES string of the molecule is Cc1nc2ccc(CC(=O)N3CCN(C(=O)NC(C)C)CC3)cc2[nH]1. The van der Waals surface area contributed by atoms with Gasteiger partial charge in [0.05, 0.1) is 17.5 Å². The number of H-pyrrole nitrogens is 1. The Labute approximate surface area is 147 Å². The Kier molecular flexibility index (Phi) is 4.92. The van der Waals surface area contributed by atoms with Crippen LogP contribution in [0.5, 0.6) is 0 Å². The van der Waals surface area contributed by atoms with E-state index in [9.17, 15) is 9.59 Å². The number of fused-ring (bicyclic) bond motifs is 1. The van der Waals surface area contributed by atoms with Gasteiger partial charge in [-0.15, -0.1) is 0 Å². The standard InChI is InChI=1S/C18H25N5O2/c1-12(2)19-18(25)23-8-6-22(7-9-23)17(24)11-14-4-5-15-16(10-14)21-13(3)20-15/h4-5,10,12H,6-9,11H2,1-3H3,(H,19,25)(H,20,21). The highest BCUT2D eigenvalue weighted by Crippen LogP contribution is 2.15. The number of benzene rings is 1. The first kappa shape index (κ1) is 17.3. The van der Waals surface area contributed by atoms with E-state index in [1.165, 1.54) is 0 Å². The van der Waals surface area contributed by atoms with E-state index in [0.29, 0.717) is 32.6 Å². The van der Waals surface area contributed by atoms with E-state index in [-0.39, 0.29) is 18.0 Å². The Morgan fingerprint density at radius 3 is 2.56 bits per heavy atom. The quantitative estimate of drug-likeness (QED) is 0.889. The highest BCUT2D eigenvalue weighted by molar-refractivity contribution is 5.82. The summed E-state index contributed by atoms with van der Waals surface area (Å²) in [5.74, 6) is 0.966. The Hall–Kier alpha value is -2.57. The first-order chi connectivity index (χ1) is 11.9. The molecule has 0 radical (unpaired) electrons. The number of hydrogen-bond donors (Lipinski definition) is 2. The van der Waals surface area contributed by atoms with E-state index in [0.717, 1.165) is 22.4 Å². The molecule has 2 heterocycles. The highest BCUT2D eigenvalue weighted by atomic mass is 16.2. The summed E-state index contributed by atoms with van der Waals surface area (Å²) in [7, 11) is 0. The van der Waals surface area contributed by atoms with Crippen LogP contribution in [-0.2, 0) is 11.2 Å². The molecule has 3 amide bonds. The minimum absolute atomic E-state index is 0.0536. The van der Waals surface area contributed by atoms with Gasteiger partial charge in [0.1, 0.15) is 5.82 Å². The summed E-state index contributed by atoms with van der Waals surface area (Å²) in [6.07, 6.45) is 0.367. The topological polar surface area (TPSA) is 81.3 Å². The minimum atomic E-state index is -0.0536. The lowest BCUT2D eigenvalue weighted by atomic mass is 10.1. The lowest BCUT2D eigenvalue weighted by Gasteiger charge is -2.35. The number of nitrogens with one attached hydrogen (secondary N) is 2. The van der Waals surface area contributed by atoms with Crippen LogP contribution in [0.2, 0.25) is 0 Å². The zero-order chi connectivity index (χ0) is 18.0. The van der Waals surface area contributed by atoms with E-state index in [4.69, 9.17) is 0 Å². The lowest BCUT2D eigenvalue weighted by Crippen LogP contribution is -2.54. The molecule has 2 aromatic rings. The molecule has 7 heteroatoms. The number of carbonyl (C=O) groups excluding carboxylic acids is 2. The number of hydrogen-bond acceptors (Lipinski definition) is 3. The van der Waals surface area contributed by atoms with Crippen molar-refractivity contribution in [2.24, 2.45) is 0 Å². The number of aromatic nitrogens is 2. The molecule has 1 saturated heterocycles. The highest BCUT2D eigenvalue weighted by Gasteiger charge is 2.24. The van der Waals surface area contributed by atoms with Gasteiger partial charge in [0.15, 0.2) is 0 Å². The monoisotopic (exact) mass is 343 g/mol. The average Bonchev–Trinajstić information content (AvgIpc) is 2.93. The molecular weight excluding hydrogens is 318 g/mol. The van der Waals surface area contributed by atoms with Gasteiger partial charge in [-0.25, -0.2) is 9.78 Å². The number of piperazine rings is 1. The third-order valence-corrected chi connectivity index (χ3v) is 4.35. The number of nitrogens with zero attached hydrogens (tertiary/aromatic N) is 3. The number of aromatic amines is 1. The number of aryl methyl sites for hydroxylation is 1. The maximum atomic E-state index is 12.5. The molecule has 2 N–H and O–H groups in total. The number of urea groups is 1. The molecule has 134 valence electrons. The summed E-state index contributed by atoms with van der Waals surface area (Å²) in [5, 5.41) is 2.89. The fourth-order valence-corrected chi connectivity index (χ4v) is 3.08. The second kappa shape index (κ2) is 7.13. The molecule has 3 rings (SSSR count). The average molecular weight is 343 g/mol. The summed E-state index contributed by atoms with van der Waals surface area (Å²) < 4.78 is 0. The van der Waals surface area contributed by atoms with E-state index < -0.39 is 0 Å². The summed E-state index contributed by atoms with van der Waals surface area (Å²) >= 11 is 0. The molecule has 0 atom stereocenters. The first-order valence-corrected chi connectivity index (χ1v) is 8.71. The number of rotatable bonds is 3. The summed E-state index contributed by atoms with van der Waals surface area (Å²) in [4.78, 5) is 35.7. The van der Waals surface area contributed by atoms with Crippen molar-refractivity contribution in [2.45, 2.75) is 33.2 Å². The fourth-order valence-electron chi connectivity index (χ4n) is 3.08. The van der Waals surface area contributed by atoms with Gasteiger partial charge in [-0.1, -0.05) is 6.07 Å². The van der Waals surface area contributed by atoms with Crippen LogP contribution in [0.1, 0.15) is 25.2 Å². The largest absolute Gasteiger partial charge is 0.342 e. The Morgan fingerprint density at radius 1 is 1.20 bits per heavy atom. The molecule has 0 saturated carbocycles. The van der Waals surface area contributed by atoms with Gasteiger partial charge in [0.2, 0.25) is 5.91 Å². The molecule has 1 aliphatic heterocycles. The van der Waals surface area contributed by atoms with Gasteiger partial charge in [-0.3, -0.25) is 4.79 Å². The van der Waals surface area contributed by atoms with E-state index >= 15 is 0 Å². The number of imidazole rings is 1. The van der Waals surface area contributed by atoms with Crippen LogP contribution < -0.4 is 5.32 Å². The van der Waals surface area contributed by atoms with Crippen LogP contribution in [-0.4, -0.2) is 63.9 Å². The smallest absolute Gasteiger partial charge is 0.317 e. The number of amides is 3. The maximum Gasteiger partial charge on any atom is 0.317 e. The van der Waals surface area contributed by atoms with Gasteiger partial charge >= 0.3 is 6.03 Å². The fraction of sp³-hybridized carbons (Fsp3) is 0.500. The molecule has 0 bridgehead atoms. The van der Waals surface area contributed by atoms with Crippen molar-refractivity contribution in [1.29, 1.82) is 0 Å². The second-order valence-electron chi connectivity index (χ2n) is 6.82. The molecule has 1 aromatic carbocycles. The first-order valence-electron chi connectivity index (χ1n) is 8.71. The Bertz CT molecular complexity index is 775. The third-order valence-electron chi connectivity index (χ3n) is 4.35. The van der Waals surface area contributed by atoms with Crippen LogP contribution in [0.25, 0.3) is 11.0 Å².